The first kappa shape index (κ1) is 17.6. The maximum Gasteiger partial charge on any atom is 0.340 e. The van der Waals surface area contributed by atoms with E-state index >= 15 is 0 Å². The van der Waals surface area contributed by atoms with Gasteiger partial charge in [-0.2, -0.15) is 0 Å². The first-order valence-electron chi connectivity index (χ1n) is 8.38. The second-order valence-corrected chi connectivity index (χ2v) is 6.11. The molecule has 0 radical (unpaired) electrons. The van der Waals surface area contributed by atoms with Gasteiger partial charge in [0.2, 0.25) is 5.78 Å². The SMILES string of the molecule is Cc1cc(C(=O)[C@@H](C)OC(=O)c2cccnc2)c(C)n1-c1ccccc1. The van der Waals surface area contributed by atoms with Crippen LogP contribution in [0.2, 0.25) is 0 Å². The van der Waals surface area contributed by atoms with Crippen molar-refractivity contribution in [2.24, 2.45) is 0 Å². The average Bonchev–Trinajstić information content (AvgIpc) is 2.96. The first-order chi connectivity index (χ1) is 12.5. The Bertz CT molecular complexity index is 931. The molecule has 5 heteroatoms. The number of esters is 1. The molecule has 0 fully saturated rings. The fraction of sp³-hybridized carbons (Fsp3) is 0.190. The minimum absolute atomic E-state index is 0.225. The molecule has 0 aliphatic rings. The van der Waals surface area contributed by atoms with Gasteiger partial charge in [-0.15, -0.1) is 0 Å². The summed E-state index contributed by atoms with van der Waals surface area (Å²) in [5.74, 6) is -0.784. The number of hydrogen-bond donors (Lipinski definition) is 0. The molecule has 26 heavy (non-hydrogen) atoms. The van der Waals surface area contributed by atoms with Crippen molar-refractivity contribution in [2.75, 3.05) is 0 Å². The molecule has 0 amide bonds. The van der Waals surface area contributed by atoms with Crippen molar-refractivity contribution in [1.29, 1.82) is 0 Å². The minimum atomic E-state index is -0.882. The number of rotatable bonds is 5. The maximum atomic E-state index is 12.8. The van der Waals surface area contributed by atoms with E-state index in [9.17, 15) is 9.59 Å². The highest BCUT2D eigenvalue weighted by Gasteiger charge is 2.24. The second-order valence-electron chi connectivity index (χ2n) is 6.11. The van der Waals surface area contributed by atoms with Gasteiger partial charge in [0.25, 0.3) is 0 Å². The summed E-state index contributed by atoms with van der Waals surface area (Å²) < 4.78 is 7.34. The van der Waals surface area contributed by atoms with Gasteiger partial charge in [-0.05, 0) is 51.1 Å². The summed E-state index contributed by atoms with van der Waals surface area (Å²) in [7, 11) is 0. The Morgan fingerprint density at radius 1 is 1.08 bits per heavy atom. The summed E-state index contributed by atoms with van der Waals surface area (Å²) in [5, 5.41) is 0. The van der Waals surface area contributed by atoms with Gasteiger partial charge in [-0.1, -0.05) is 18.2 Å². The van der Waals surface area contributed by atoms with Crippen LogP contribution >= 0.6 is 0 Å². The van der Waals surface area contributed by atoms with Gasteiger partial charge in [-0.3, -0.25) is 9.78 Å². The van der Waals surface area contributed by atoms with Crippen molar-refractivity contribution < 1.29 is 14.3 Å². The predicted octanol–water partition coefficient (Wildman–Crippen LogP) is 3.92. The lowest BCUT2D eigenvalue weighted by atomic mass is 10.1. The van der Waals surface area contributed by atoms with Crippen molar-refractivity contribution in [2.45, 2.75) is 26.9 Å². The number of pyridine rings is 1. The lowest BCUT2D eigenvalue weighted by Gasteiger charge is -2.13. The fourth-order valence-electron chi connectivity index (χ4n) is 2.97. The third kappa shape index (κ3) is 3.42. The van der Waals surface area contributed by atoms with Crippen LogP contribution in [0, 0.1) is 13.8 Å². The molecule has 3 rings (SSSR count). The quantitative estimate of drug-likeness (QED) is 0.518. The molecule has 1 atom stereocenters. The number of aromatic nitrogens is 2. The summed E-state index contributed by atoms with van der Waals surface area (Å²) in [6.07, 6.45) is 2.11. The first-order valence-corrected chi connectivity index (χ1v) is 8.38. The topological polar surface area (TPSA) is 61.2 Å². The fourth-order valence-corrected chi connectivity index (χ4v) is 2.97. The van der Waals surface area contributed by atoms with E-state index in [0.29, 0.717) is 11.1 Å². The van der Waals surface area contributed by atoms with Crippen molar-refractivity contribution in [3.05, 3.63) is 83.4 Å². The monoisotopic (exact) mass is 348 g/mol. The Kier molecular flexibility index (Phi) is 4.98. The molecule has 0 aliphatic carbocycles. The predicted molar refractivity (Wildman–Crippen MR) is 98.7 cm³/mol. The lowest BCUT2D eigenvalue weighted by molar-refractivity contribution is 0.0318. The van der Waals surface area contributed by atoms with Crippen molar-refractivity contribution in [3.8, 4) is 5.69 Å². The number of Topliss-reactive ketones (excluding diaryl/α,β-unsaturated/α-hetero) is 1. The minimum Gasteiger partial charge on any atom is -0.451 e. The highest BCUT2D eigenvalue weighted by atomic mass is 16.5. The largest absolute Gasteiger partial charge is 0.451 e. The van der Waals surface area contributed by atoms with Crippen LogP contribution in [0.1, 0.15) is 39.0 Å². The van der Waals surface area contributed by atoms with E-state index < -0.39 is 12.1 Å². The highest BCUT2D eigenvalue weighted by Crippen LogP contribution is 2.22. The van der Waals surface area contributed by atoms with Gasteiger partial charge in [0, 0.05) is 35.0 Å². The van der Waals surface area contributed by atoms with E-state index in [2.05, 4.69) is 4.98 Å². The normalized spacial score (nSPS) is 11.8. The summed E-state index contributed by atoms with van der Waals surface area (Å²) in [5.41, 5.74) is 3.63. The van der Waals surface area contributed by atoms with Gasteiger partial charge in [0.1, 0.15) is 0 Å². The molecule has 5 nitrogen and oxygen atoms in total. The molecular weight excluding hydrogens is 328 g/mol. The molecular formula is C21H20N2O3. The van der Waals surface area contributed by atoms with Gasteiger partial charge < -0.3 is 9.30 Å². The second kappa shape index (κ2) is 7.35. The maximum absolute atomic E-state index is 12.8. The third-order valence-corrected chi connectivity index (χ3v) is 4.26. The van der Waals surface area contributed by atoms with Crippen LogP contribution in [-0.4, -0.2) is 27.4 Å². The molecule has 2 aromatic heterocycles. The van der Waals surface area contributed by atoms with Crippen LogP contribution < -0.4 is 0 Å². The van der Waals surface area contributed by atoms with Crippen molar-refractivity contribution in [1.82, 2.24) is 9.55 Å². The number of benzene rings is 1. The number of nitrogens with zero attached hydrogens (tertiary/aromatic N) is 2. The molecule has 1 aromatic carbocycles. The van der Waals surface area contributed by atoms with Crippen molar-refractivity contribution in [3.63, 3.8) is 0 Å². The highest BCUT2D eigenvalue weighted by molar-refractivity contribution is 6.02. The molecule has 0 spiro atoms. The van der Waals surface area contributed by atoms with Crippen LogP contribution in [0.5, 0.6) is 0 Å². The third-order valence-electron chi connectivity index (χ3n) is 4.26. The van der Waals surface area contributed by atoms with Crippen LogP contribution in [0.3, 0.4) is 0 Å². The van der Waals surface area contributed by atoms with E-state index in [-0.39, 0.29) is 5.78 Å². The van der Waals surface area contributed by atoms with E-state index in [1.54, 1.807) is 25.3 Å². The van der Waals surface area contributed by atoms with E-state index in [1.165, 1.54) is 6.20 Å². The van der Waals surface area contributed by atoms with Gasteiger partial charge >= 0.3 is 5.97 Å². The number of carbonyl (C=O) groups excluding carboxylic acids is 2. The van der Waals surface area contributed by atoms with Crippen LogP contribution in [0.25, 0.3) is 5.69 Å². The number of para-hydroxylation sites is 1. The summed E-state index contributed by atoms with van der Waals surface area (Å²) in [4.78, 5) is 28.9. The van der Waals surface area contributed by atoms with Gasteiger partial charge in [0.05, 0.1) is 5.56 Å². The lowest BCUT2D eigenvalue weighted by Crippen LogP contribution is -2.25. The molecule has 2 heterocycles. The standard InChI is InChI=1S/C21H20N2O3/c1-14-12-19(15(2)23(14)18-9-5-4-6-10-18)20(24)16(3)26-21(25)17-8-7-11-22-13-17/h4-13,16H,1-3H3/t16-/m1/s1. The van der Waals surface area contributed by atoms with E-state index in [1.807, 2.05) is 54.8 Å². The zero-order valence-electron chi connectivity index (χ0n) is 15.0. The Balaban J connectivity index is 1.83. The smallest absolute Gasteiger partial charge is 0.340 e. The van der Waals surface area contributed by atoms with Crippen LogP contribution in [0.4, 0.5) is 0 Å². The molecule has 0 saturated heterocycles. The van der Waals surface area contributed by atoms with E-state index in [0.717, 1.165) is 17.1 Å². The molecule has 132 valence electrons. The molecule has 0 N–H and O–H groups in total. The summed E-state index contributed by atoms with van der Waals surface area (Å²) in [6, 6.07) is 14.9. The van der Waals surface area contributed by atoms with Crippen molar-refractivity contribution >= 4 is 11.8 Å². The molecule has 0 aliphatic heterocycles. The average molecular weight is 348 g/mol. The summed E-state index contributed by atoms with van der Waals surface area (Å²) >= 11 is 0. The Morgan fingerprint density at radius 2 is 1.81 bits per heavy atom. The Hall–Kier alpha value is -3.21. The molecule has 0 bridgehead atoms. The molecule has 3 aromatic rings. The van der Waals surface area contributed by atoms with Gasteiger partial charge in [-0.25, -0.2) is 4.79 Å². The summed E-state index contributed by atoms with van der Waals surface area (Å²) in [6.45, 7) is 5.43. The zero-order valence-corrected chi connectivity index (χ0v) is 15.0. The molecule has 0 saturated carbocycles. The Morgan fingerprint density at radius 3 is 2.46 bits per heavy atom. The number of ketones is 1. The Labute approximate surface area is 152 Å². The number of carbonyl (C=O) groups is 2. The van der Waals surface area contributed by atoms with Crippen LogP contribution in [-0.2, 0) is 4.74 Å². The van der Waals surface area contributed by atoms with Crippen LogP contribution in [0.15, 0.2) is 60.9 Å². The zero-order chi connectivity index (χ0) is 18.7. The number of hydrogen-bond acceptors (Lipinski definition) is 4. The van der Waals surface area contributed by atoms with E-state index in [4.69, 9.17) is 4.74 Å². The number of ether oxygens (including phenoxy) is 1. The molecule has 0 unspecified atom stereocenters. The number of aryl methyl sites for hydroxylation is 1. The van der Waals surface area contributed by atoms with Gasteiger partial charge in [0.15, 0.2) is 6.10 Å².